The summed E-state index contributed by atoms with van der Waals surface area (Å²) in [5.41, 5.74) is 0.541. The largest absolute Gasteiger partial charge is 0.0619 e. The summed E-state index contributed by atoms with van der Waals surface area (Å²) in [5.74, 6) is 2.57. The van der Waals surface area contributed by atoms with E-state index in [0.717, 1.165) is 5.92 Å². The van der Waals surface area contributed by atoms with Crippen LogP contribution in [-0.2, 0) is 0 Å². The highest BCUT2D eigenvalue weighted by Gasteiger charge is 2.36. The average Bonchev–Trinajstić information content (AvgIpc) is 1.97. The predicted octanol–water partition coefficient (Wildman–Crippen LogP) is 3.04. The highest BCUT2D eigenvalue weighted by Crippen LogP contribution is 2.47. The smallest absolute Gasteiger partial charge is 0.0187 e. The number of hydrogen-bond acceptors (Lipinski definition) is 0. The molecule has 0 aromatic carbocycles. The molecule has 1 atom stereocenters. The minimum absolute atomic E-state index is 0.541. The molecule has 1 aliphatic rings. The van der Waals surface area contributed by atoms with Crippen LogP contribution < -0.4 is 0 Å². The summed E-state index contributed by atoms with van der Waals surface area (Å²) in [5, 5.41) is 0. The Morgan fingerprint density at radius 3 is 2.11 bits per heavy atom. The maximum absolute atomic E-state index is 2.35. The van der Waals surface area contributed by atoms with Crippen molar-refractivity contribution in [2.45, 2.75) is 40.5 Å². The summed E-state index contributed by atoms with van der Waals surface area (Å²) in [6.07, 6.45) is 2.79. The number of hydrogen-bond donors (Lipinski definition) is 0. The molecule has 53 valence electrons. The van der Waals surface area contributed by atoms with Gasteiger partial charge in [-0.1, -0.05) is 27.7 Å². The monoisotopic (exact) mass is 125 g/mol. The molecular weight excluding hydrogens is 108 g/mol. The summed E-state index contributed by atoms with van der Waals surface area (Å²) in [6.45, 7) is 9.35. The van der Waals surface area contributed by atoms with E-state index in [4.69, 9.17) is 0 Å². The zero-order valence-corrected chi connectivity index (χ0v) is 6.99. The van der Waals surface area contributed by atoms with Gasteiger partial charge < -0.3 is 0 Å². The molecule has 0 heterocycles. The van der Waals surface area contributed by atoms with Crippen molar-refractivity contribution in [3.05, 3.63) is 5.92 Å². The van der Waals surface area contributed by atoms with Gasteiger partial charge in [0.15, 0.2) is 0 Å². The Morgan fingerprint density at radius 1 is 1.44 bits per heavy atom. The van der Waals surface area contributed by atoms with E-state index < -0.39 is 0 Å². The van der Waals surface area contributed by atoms with Crippen LogP contribution in [0.15, 0.2) is 0 Å². The van der Waals surface area contributed by atoms with Crippen LogP contribution in [0.3, 0.4) is 0 Å². The van der Waals surface area contributed by atoms with Gasteiger partial charge in [0.1, 0.15) is 0 Å². The van der Waals surface area contributed by atoms with Crippen LogP contribution in [-0.4, -0.2) is 0 Å². The lowest BCUT2D eigenvalue weighted by molar-refractivity contribution is 0.407. The van der Waals surface area contributed by atoms with Crippen molar-refractivity contribution in [2.75, 3.05) is 0 Å². The second-order valence-corrected chi connectivity index (χ2v) is 4.01. The Morgan fingerprint density at radius 2 is 2.00 bits per heavy atom. The summed E-state index contributed by atoms with van der Waals surface area (Å²) < 4.78 is 0. The van der Waals surface area contributed by atoms with E-state index in [1.807, 2.05) is 0 Å². The maximum Gasteiger partial charge on any atom is -0.0187 e. The fourth-order valence-electron chi connectivity index (χ4n) is 1.66. The van der Waals surface area contributed by atoms with Crippen LogP contribution in [0, 0.1) is 17.3 Å². The fraction of sp³-hybridized carbons (Fsp3) is 0.889. The molecule has 1 rings (SSSR count). The summed E-state index contributed by atoms with van der Waals surface area (Å²) in [7, 11) is 0. The normalized spacial score (nSPS) is 35.3. The van der Waals surface area contributed by atoms with Crippen LogP contribution in [0.4, 0.5) is 0 Å². The minimum Gasteiger partial charge on any atom is -0.0619 e. The molecule has 0 aromatic heterocycles. The summed E-state index contributed by atoms with van der Waals surface area (Å²) in [6, 6.07) is 0. The third-order valence-electron chi connectivity index (χ3n) is 3.01. The Balaban J connectivity index is 2.62. The fourth-order valence-corrected chi connectivity index (χ4v) is 1.66. The molecule has 0 nitrogen and oxygen atoms in total. The van der Waals surface area contributed by atoms with Gasteiger partial charge >= 0.3 is 0 Å². The van der Waals surface area contributed by atoms with Gasteiger partial charge in [0.05, 0.1) is 0 Å². The van der Waals surface area contributed by atoms with Crippen molar-refractivity contribution < 1.29 is 0 Å². The lowest BCUT2D eigenvalue weighted by Crippen LogP contribution is -2.14. The Hall–Kier alpha value is 0. The van der Waals surface area contributed by atoms with Crippen molar-refractivity contribution >= 4 is 0 Å². The van der Waals surface area contributed by atoms with Crippen molar-refractivity contribution in [1.82, 2.24) is 0 Å². The van der Waals surface area contributed by atoms with E-state index in [9.17, 15) is 0 Å². The molecule has 1 aliphatic carbocycles. The van der Waals surface area contributed by atoms with Crippen molar-refractivity contribution in [3.8, 4) is 0 Å². The third kappa shape index (κ3) is 1.12. The van der Waals surface area contributed by atoms with Gasteiger partial charge in [-0.05, 0) is 30.1 Å². The first-order chi connectivity index (χ1) is 4.04. The predicted molar refractivity (Wildman–Crippen MR) is 41.1 cm³/mol. The van der Waals surface area contributed by atoms with Gasteiger partial charge in [-0.15, -0.1) is 0 Å². The van der Waals surface area contributed by atoms with E-state index in [-0.39, 0.29) is 0 Å². The second-order valence-electron chi connectivity index (χ2n) is 4.01. The average molecular weight is 125 g/mol. The summed E-state index contributed by atoms with van der Waals surface area (Å²) >= 11 is 0. The molecule has 0 aromatic rings. The highest BCUT2D eigenvalue weighted by molar-refractivity contribution is 5.07. The van der Waals surface area contributed by atoms with E-state index in [1.165, 1.54) is 12.8 Å². The van der Waals surface area contributed by atoms with Crippen LogP contribution in [0.2, 0.25) is 0 Å². The molecule has 9 heavy (non-hydrogen) atoms. The number of rotatable bonds is 0. The van der Waals surface area contributed by atoms with Crippen LogP contribution in [0.1, 0.15) is 40.5 Å². The first-order valence-electron chi connectivity index (χ1n) is 3.88. The molecule has 1 radical (unpaired) electrons. The van der Waals surface area contributed by atoms with Crippen molar-refractivity contribution in [2.24, 2.45) is 11.3 Å². The van der Waals surface area contributed by atoms with Crippen LogP contribution in [0.25, 0.3) is 0 Å². The van der Waals surface area contributed by atoms with Gasteiger partial charge in [0.25, 0.3) is 0 Å². The molecule has 0 N–H and O–H groups in total. The van der Waals surface area contributed by atoms with E-state index in [2.05, 4.69) is 27.7 Å². The molecule has 0 amide bonds. The van der Waals surface area contributed by atoms with E-state index in [1.54, 1.807) is 5.92 Å². The molecule has 0 heteroatoms. The van der Waals surface area contributed by atoms with Gasteiger partial charge in [-0.3, -0.25) is 0 Å². The molecule has 0 bridgehead atoms. The quantitative estimate of drug-likeness (QED) is 0.467. The second kappa shape index (κ2) is 2.00. The zero-order valence-electron chi connectivity index (χ0n) is 6.99. The molecule has 1 fully saturated rings. The Bertz CT molecular complexity index is 103. The van der Waals surface area contributed by atoms with Gasteiger partial charge in [0.2, 0.25) is 0 Å². The lowest BCUT2D eigenvalue weighted by atomic mass is 9.81. The first kappa shape index (κ1) is 7.11. The standard InChI is InChI=1S/C9H17/c1-7-5-6-9(3,4)8(7)2/h7H,5-6H2,1-4H3. The minimum atomic E-state index is 0.541. The van der Waals surface area contributed by atoms with Crippen LogP contribution >= 0.6 is 0 Å². The molecular formula is C9H17. The van der Waals surface area contributed by atoms with E-state index >= 15 is 0 Å². The molecule has 1 unspecified atom stereocenters. The Labute approximate surface area is 58.7 Å². The molecule has 0 saturated heterocycles. The topological polar surface area (TPSA) is 0 Å². The van der Waals surface area contributed by atoms with E-state index in [0.29, 0.717) is 5.41 Å². The third-order valence-corrected chi connectivity index (χ3v) is 3.01. The van der Waals surface area contributed by atoms with Crippen molar-refractivity contribution in [3.63, 3.8) is 0 Å². The van der Waals surface area contributed by atoms with Gasteiger partial charge in [-0.25, -0.2) is 0 Å². The first-order valence-corrected chi connectivity index (χ1v) is 3.88. The van der Waals surface area contributed by atoms with Gasteiger partial charge in [0, 0.05) is 0 Å². The maximum atomic E-state index is 2.35. The lowest BCUT2D eigenvalue weighted by Gasteiger charge is -2.24. The van der Waals surface area contributed by atoms with Gasteiger partial charge in [-0.2, -0.15) is 0 Å². The molecule has 0 aliphatic heterocycles. The molecule has 0 spiro atoms. The Kier molecular flexibility index (Phi) is 1.58. The van der Waals surface area contributed by atoms with Crippen LogP contribution in [0.5, 0.6) is 0 Å². The SMILES string of the molecule is C[C]1C(C)CCC1(C)C. The zero-order chi connectivity index (χ0) is 7.07. The van der Waals surface area contributed by atoms with Crippen molar-refractivity contribution in [1.29, 1.82) is 0 Å². The highest BCUT2D eigenvalue weighted by atomic mass is 14.4. The molecule has 1 saturated carbocycles. The summed E-state index contributed by atoms with van der Waals surface area (Å²) in [4.78, 5) is 0.